The third kappa shape index (κ3) is 1.58. The predicted octanol–water partition coefficient (Wildman–Crippen LogP) is 2.52. The molecule has 1 heterocycles. The average Bonchev–Trinajstić information content (AvgIpc) is 2.35. The van der Waals surface area contributed by atoms with Crippen molar-refractivity contribution in [2.75, 3.05) is 0 Å². The van der Waals surface area contributed by atoms with Gasteiger partial charge in [0.2, 0.25) is 9.84 Å². The largest absolute Gasteiger partial charge is 0.276 e. The van der Waals surface area contributed by atoms with Crippen LogP contribution in [0.25, 0.3) is 5.57 Å². The van der Waals surface area contributed by atoms with E-state index in [1.807, 2.05) is 0 Å². The Morgan fingerprint density at radius 1 is 1.25 bits per heavy atom. The van der Waals surface area contributed by atoms with E-state index in [4.69, 9.17) is 11.6 Å². The van der Waals surface area contributed by atoms with Crippen LogP contribution in [0.4, 0.5) is 0 Å². The number of sulfone groups is 1. The molecule has 0 unspecified atom stereocenters. The summed E-state index contributed by atoms with van der Waals surface area (Å²) >= 11 is 5.39. The van der Waals surface area contributed by atoms with Gasteiger partial charge in [0.05, 0.1) is 4.90 Å². The smallest absolute Gasteiger partial charge is 0.252 e. The number of halogens is 1. The zero-order valence-corrected chi connectivity index (χ0v) is 10.3. The van der Waals surface area contributed by atoms with E-state index in [9.17, 15) is 13.2 Å². The maximum atomic E-state index is 11.7. The maximum Gasteiger partial charge on any atom is 0.252 e. The Morgan fingerprint density at radius 3 is 2.44 bits per heavy atom. The van der Waals surface area contributed by atoms with Gasteiger partial charge in [-0.15, -0.1) is 0 Å². The molecule has 0 fully saturated rings. The lowest BCUT2D eigenvalue weighted by Gasteiger charge is -2.06. The zero-order chi connectivity index (χ0) is 12.1. The second-order valence-corrected chi connectivity index (χ2v) is 5.89. The molecule has 1 aromatic carbocycles. The fourth-order valence-electron chi connectivity index (χ4n) is 1.80. The number of hydrogen-bond donors (Lipinski definition) is 0. The van der Waals surface area contributed by atoms with Gasteiger partial charge < -0.3 is 0 Å². The van der Waals surface area contributed by atoms with Gasteiger partial charge in [0, 0.05) is 11.0 Å². The Balaban J connectivity index is 2.81. The molecule has 16 heavy (non-hydrogen) atoms. The van der Waals surface area contributed by atoms with E-state index in [1.165, 1.54) is 11.5 Å². The third-order valence-corrected chi connectivity index (χ3v) is 4.42. The summed E-state index contributed by atoms with van der Waals surface area (Å²) in [5.74, 6) is 0. The highest BCUT2D eigenvalue weighted by Crippen LogP contribution is 2.35. The van der Waals surface area contributed by atoms with Crippen LogP contribution >= 0.6 is 11.6 Å². The first kappa shape index (κ1) is 11.4. The van der Waals surface area contributed by atoms with Crippen LogP contribution in [-0.2, 0) is 9.84 Å². The Bertz CT molecular complexity index is 627. The average molecular weight is 257 g/mol. The van der Waals surface area contributed by atoms with Gasteiger partial charge in [0.25, 0.3) is 5.24 Å². The molecule has 0 aromatic heterocycles. The van der Waals surface area contributed by atoms with E-state index in [0.29, 0.717) is 16.7 Å². The predicted molar refractivity (Wildman–Crippen MR) is 62.2 cm³/mol. The van der Waals surface area contributed by atoms with E-state index in [1.54, 1.807) is 19.9 Å². The molecule has 1 aliphatic rings. The summed E-state index contributed by atoms with van der Waals surface area (Å²) in [5.41, 5.74) is 2.27. The van der Waals surface area contributed by atoms with Gasteiger partial charge in [-0.2, -0.15) is 0 Å². The molecule has 0 radical (unpaired) electrons. The van der Waals surface area contributed by atoms with E-state index < -0.39 is 15.1 Å². The number of hydrogen-bond acceptors (Lipinski definition) is 3. The van der Waals surface area contributed by atoms with Crippen LogP contribution in [0.1, 0.15) is 28.4 Å². The number of fused-ring (bicyclic) bond motifs is 1. The number of carbonyl (C=O) groups is 1. The SMILES string of the molecule is CC1=CS(=O)(=O)c2cc(C(=O)Cl)c(C)cc21. The van der Waals surface area contributed by atoms with Crippen LogP contribution in [-0.4, -0.2) is 13.7 Å². The molecule has 0 bridgehead atoms. The second kappa shape index (κ2) is 3.43. The molecule has 1 aromatic rings. The van der Waals surface area contributed by atoms with Crippen molar-refractivity contribution in [2.45, 2.75) is 18.7 Å². The number of carbonyl (C=O) groups excluding carboxylic acids is 1. The van der Waals surface area contributed by atoms with Gasteiger partial charge in [0.1, 0.15) is 0 Å². The molecule has 1 aliphatic heterocycles. The summed E-state index contributed by atoms with van der Waals surface area (Å²) in [4.78, 5) is 11.3. The molecule has 0 aliphatic carbocycles. The minimum atomic E-state index is -3.40. The second-order valence-electron chi connectivity index (χ2n) is 3.78. The quantitative estimate of drug-likeness (QED) is 0.726. The first-order chi connectivity index (χ1) is 7.33. The van der Waals surface area contributed by atoms with Crippen LogP contribution < -0.4 is 0 Å². The number of allylic oxidation sites excluding steroid dienone is 1. The minimum absolute atomic E-state index is 0.166. The van der Waals surface area contributed by atoms with Crippen molar-refractivity contribution in [3.8, 4) is 0 Å². The van der Waals surface area contributed by atoms with Gasteiger partial charge >= 0.3 is 0 Å². The van der Waals surface area contributed by atoms with E-state index >= 15 is 0 Å². The zero-order valence-electron chi connectivity index (χ0n) is 8.74. The summed E-state index contributed by atoms with van der Waals surface area (Å²) in [6, 6.07) is 3.03. The molecule has 0 spiro atoms. The molecular weight excluding hydrogens is 248 g/mol. The van der Waals surface area contributed by atoms with E-state index in [0.717, 1.165) is 0 Å². The van der Waals surface area contributed by atoms with Crippen LogP contribution in [0.2, 0.25) is 0 Å². The molecule has 84 valence electrons. The number of benzene rings is 1. The van der Waals surface area contributed by atoms with Crippen molar-refractivity contribution in [3.05, 3.63) is 34.2 Å². The highest BCUT2D eigenvalue weighted by molar-refractivity contribution is 7.95. The highest BCUT2D eigenvalue weighted by atomic mass is 35.5. The van der Waals surface area contributed by atoms with Crippen molar-refractivity contribution in [3.63, 3.8) is 0 Å². The Kier molecular flexibility index (Phi) is 2.44. The molecule has 2 rings (SSSR count). The van der Waals surface area contributed by atoms with Crippen LogP contribution in [0.3, 0.4) is 0 Å². The van der Waals surface area contributed by atoms with Crippen molar-refractivity contribution in [2.24, 2.45) is 0 Å². The molecule has 3 nitrogen and oxygen atoms in total. The topological polar surface area (TPSA) is 51.2 Å². The van der Waals surface area contributed by atoms with Crippen LogP contribution in [0, 0.1) is 6.92 Å². The Hall–Kier alpha value is -1.13. The lowest BCUT2D eigenvalue weighted by molar-refractivity contribution is 0.108. The van der Waals surface area contributed by atoms with Gasteiger partial charge in [-0.25, -0.2) is 8.42 Å². The fraction of sp³-hybridized carbons (Fsp3) is 0.182. The molecule has 0 amide bonds. The van der Waals surface area contributed by atoms with Gasteiger partial charge in [0.15, 0.2) is 0 Å². The van der Waals surface area contributed by atoms with Crippen LogP contribution in [0.5, 0.6) is 0 Å². The summed E-state index contributed by atoms with van der Waals surface area (Å²) < 4.78 is 23.4. The monoisotopic (exact) mass is 256 g/mol. The van der Waals surface area contributed by atoms with Gasteiger partial charge in [-0.05, 0) is 54.3 Å². The highest BCUT2D eigenvalue weighted by Gasteiger charge is 2.26. The standard InChI is InChI=1S/C11H9ClO3S/c1-6-3-8-7(2)5-16(14,15)10(8)4-9(6)11(12)13/h3-5H,1-2H3. The van der Waals surface area contributed by atoms with Crippen LogP contribution in [0.15, 0.2) is 22.4 Å². The van der Waals surface area contributed by atoms with E-state index in [2.05, 4.69) is 0 Å². The Morgan fingerprint density at radius 2 is 1.88 bits per heavy atom. The summed E-state index contributed by atoms with van der Waals surface area (Å²) in [6.45, 7) is 3.46. The first-order valence-electron chi connectivity index (χ1n) is 4.61. The normalized spacial score (nSPS) is 16.8. The molecule has 0 saturated heterocycles. The molecule has 0 atom stereocenters. The van der Waals surface area contributed by atoms with Crippen molar-refractivity contribution in [1.29, 1.82) is 0 Å². The third-order valence-electron chi connectivity index (χ3n) is 2.60. The molecule has 0 saturated carbocycles. The molecule has 5 heteroatoms. The van der Waals surface area contributed by atoms with Crippen molar-refractivity contribution < 1.29 is 13.2 Å². The minimum Gasteiger partial charge on any atom is -0.276 e. The Labute approximate surface area is 98.7 Å². The lowest BCUT2D eigenvalue weighted by Crippen LogP contribution is -2.00. The molecular formula is C11H9ClO3S. The summed E-state index contributed by atoms with van der Waals surface area (Å²) in [6.07, 6.45) is 0. The van der Waals surface area contributed by atoms with Gasteiger partial charge in [-0.1, -0.05) is 0 Å². The summed E-state index contributed by atoms with van der Waals surface area (Å²) in [5, 5.41) is 0.569. The molecule has 0 N–H and O–H groups in total. The number of aryl methyl sites for hydroxylation is 1. The summed E-state index contributed by atoms with van der Waals surface area (Å²) in [7, 11) is -3.40. The van der Waals surface area contributed by atoms with Gasteiger partial charge in [-0.3, -0.25) is 4.79 Å². The van der Waals surface area contributed by atoms with Crippen molar-refractivity contribution >= 4 is 32.3 Å². The van der Waals surface area contributed by atoms with E-state index in [-0.39, 0.29) is 10.5 Å². The fourth-order valence-corrected chi connectivity index (χ4v) is 3.53. The maximum absolute atomic E-state index is 11.7. The first-order valence-corrected chi connectivity index (χ1v) is 6.53. The lowest BCUT2D eigenvalue weighted by atomic mass is 10.0. The van der Waals surface area contributed by atoms with Crippen molar-refractivity contribution in [1.82, 2.24) is 0 Å². The number of rotatable bonds is 1.